The van der Waals surface area contributed by atoms with E-state index in [2.05, 4.69) is 15.8 Å². The molecule has 2 saturated heterocycles. The zero-order valence-electron chi connectivity index (χ0n) is 15.9. The standard InChI is InChI=1S/C19H22ClN3O4S2/c1-8-15-14(9(2)24)18(25)23(15)16(19(26)27)17(8)28-12-5-10(21-7-12)3-4-11-6-13(20)29-22-11/h3-4,6,8-10,12,14-15,21,24H,5,7H2,1-2H3,(H,26,27)/b4-3+/t8-,9-,10-,12+,14-,15-/m1/s1. The highest BCUT2D eigenvalue weighted by Crippen LogP contribution is 2.51. The average molecular weight is 456 g/mol. The number of carbonyl (C=O) groups is 2. The quantitative estimate of drug-likeness (QED) is 0.566. The van der Waals surface area contributed by atoms with Gasteiger partial charge in [-0.1, -0.05) is 24.6 Å². The molecule has 3 N–H and O–H groups in total. The van der Waals surface area contributed by atoms with Crippen molar-refractivity contribution in [2.45, 2.75) is 43.7 Å². The van der Waals surface area contributed by atoms with Gasteiger partial charge in [-0.05, 0) is 37.0 Å². The van der Waals surface area contributed by atoms with Crippen LogP contribution in [0.1, 0.15) is 26.0 Å². The van der Waals surface area contributed by atoms with Crippen LogP contribution >= 0.6 is 34.9 Å². The smallest absolute Gasteiger partial charge is 0.353 e. The third-order valence-corrected chi connectivity index (χ3v) is 8.15. The highest BCUT2D eigenvalue weighted by atomic mass is 35.5. The monoisotopic (exact) mass is 455 g/mol. The molecule has 3 aliphatic rings. The third-order valence-electron chi connectivity index (χ3n) is 5.73. The predicted molar refractivity (Wildman–Crippen MR) is 114 cm³/mol. The van der Waals surface area contributed by atoms with E-state index in [0.29, 0.717) is 4.34 Å². The minimum absolute atomic E-state index is 0.0884. The van der Waals surface area contributed by atoms with Gasteiger partial charge < -0.3 is 20.4 Å². The second-order valence-corrected chi connectivity index (χ2v) is 10.5. The number of aliphatic hydroxyl groups is 1. The number of aliphatic hydroxyl groups excluding tert-OH is 1. The molecule has 4 rings (SSSR count). The van der Waals surface area contributed by atoms with E-state index in [1.165, 1.54) is 16.4 Å². The Morgan fingerprint density at radius 3 is 2.93 bits per heavy atom. The van der Waals surface area contributed by atoms with Crippen molar-refractivity contribution in [1.82, 2.24) is 14.6 Å². The minimum atomic E-state index is -1.08. The van der Waals surface area contributed by atoms with E-state index in [1.807, 2.05) is 19.1 Å². The lowest BCUT2D eigenvalue weighted by Gasteiger charge is -2.46. The molecule has 0 spiro atoms. The molecule has 10 heteroatoms. The van der Waals surface area contributed by atoms with Crippen molar-refractivity contribution < 1.29 is 19.8 Å². The second kappa shape index (κ2) is 8.03. The molecule has 0 radical (unpaired) electrons. The first-order valence-electron chi connectivity index (χ1n) is 9.47. The summed E-state index contributed by atoms with van der Waals surface area (Å²) in [6.07, 6.45) is 4.05. The van der Waals surface area contributed by atoms with Crippen molar-refractivity contribution in [3.8, 4) is 0 Å². The first-order chi connectivity index (χ1) is 13.8. The van der Waals surface area contributed by atoms with Crippen molar-refractivity contribution >= 4 is 52.8 Å². The maximum Gasteiger partial charge on any atom is 0.353 e. The highest BCUT2D eigenvalue weighted by Gasteiger charge is 2.60. The molecule has 4 heterocycles. The largest absolute Gasteiger partial charge is 0.477 e. The van der Waals surface area contributed by atoms with Crippen LogP contribution in [0.4, 0.5) is 0 Å². The summed E-state index contributed by atoms with van der Waals surface area (Å²) >= 11 is 8.69. The summed E-state index contributed by atoms with van der Waals surface area (Å²) in [7, 11) is 0. The fourth-order valence-electron chi connectivity index (χ4n) is 4.39. The SMILES string of the molecule is C[C@@H](O)[C@H]1C(=O)N2C(C(=O)O)=C(S[C@@H]3CN[C@H](/C=C/c4cc(Cl)sn4)C3)[C@H](C)[C@H]12. The molecule has 1 amide bonds. The molecule has 29 heavy (non-hydrogen) atoms. The lowest BCUT2D eigenvalue weighted by Crippen LogP contribution is -2.63. The molecule has 0 saturated carbocycles. The summed E-state index contributed by atoms with van der Waals surface area (Å²) in [5, 5.41) is 23.3. The Kier molecular flexibility index (Phi) is 5.78. The summed E-state index contributed by atoms with van der Waals surface area (Å²) in [6, 6.07) is 1.71. The van der Waals surface area contributed by atoms with Crippen LogP contribution in [0.5, 0.6) is 0 Å². The number of β-lactam (4-membered cyclic amide) rings is 1. The maximum absolute atomic E-state index is 12.4. The van der Waals surface area contributed by atoms with Crippen LogP contribution in [0.3, 0.4) is 0 Å². The zero-order chi connectivity index (χ0) is 20.9. The van der Waals surface area contributed by atoms with Gasteiger partial charge in [-0.15, -0.1) is 11.8 Å². The van der Waals surface area contributed by atoms with Gasteiger partial charge in [0, 0.05) is 28.7 Å². The molecular formula is C19H22ClN3O4S2. The molecule has 6 atom stereocenters. The normalized spacial score (nSPS) is 32.8. The number of amides is 1. The van der Waals surface area contributed by atoms with Crippen molar-refractivity contribution in [1.29, 1.82) is 0 Å². The zero-order valence-corrected chi connectivity index (χ0v) is 18.3. The predicted octanol–water partition coefficient (Wildman–Crippen LogP) is 2.43. The van der Waals surface area contributed by atoms with Gasteiger partial charge in [0.05, 0.1) is 23.8 Å². The first kappa shape index (κ1) is 20.9. The van der Waals surface area contributed by atoms with Crippen molar-refractivity contribution in [3.05, 3.63) is 32.8 Å². The number of rotatable bonds is 6. The number of hydrogen-bond acceptors (Lipinski definition) is 7. The van der Waals surface area contributed by atoms with E-state index in [-0.39, 0.29) is 34.9 Å². The number of carboxylic acid groups (broad SMARTS) is 1. The molecule has 0 aliphatic carbocycles. The number of thioether (sulfide) groups is 1. The lowest BCUT2D eigenvalue weighted by molar-refractivity contribution is -0.163. The number of nitrogens with zero attached hydrogens (tertiary/aromatic N) is 2. The Labute approximate surface area is 182 Å². The summed E-state index contributed by atoms with van der Waals surface area (Å²) in [5.41, 5.74) is 0.913. The van der Waals surface area contributed by atoms with Gasteiger partial charge in [0.1, 0.15) is 10.0 Å². The minimum Gasteiger partial charge on any atom is -0.477 e. The number of nitrogens with one attached hydrogen (secondary N) is 1. The fraction of sp³-hybridized carbons (Fsp3) is 0.526. The number of carboxylic acids is 1. The molecule has 0 unspecified atom stereocenters. The molecule has 2 fully saturated rings. The van der Waals surface area contributed by atoms with E-state index < -0.39 is 18.0 Å². The summed E-state index contributed by atoms with van der Waals surface area (Å²) in [4.78, 5) is 26.4. The van der Waals surface area contributed by atoms with Crippen molar-refractivity contribution in [3.63, 3.8) is 0 Å². The average Bonchev–Trinajstić information content (AvgIpc) is 3.32. The number of aromatic nitrogens is 1. The molecule has 1 aromatic heterocycles. The maximum atomic E-state index is 12.4. The van der Waals surface area contributed by atoms with E-state index >= 15 is 0 Å². The van der Waals surface area contributed by atoms with Gasteiger partial charge in [-0.25, -0.2) is 4.79 Å². The van der Waals surface area contributed by atoms with E-state index in [4.69, 9.17) is 11.6 Å². The molecule has 156 valence electrons. The van der Waals surface area contributed by atoms with Gasteiger partial charge >= 0.3 is 5.97 Å². The molecule has 1 aromatic rings. The van der Waals surface area contributed by atoms with Gasteiger partial charge in [0.2, 0.25) is 5.91 Å². The van der Waals surface area contributed by atoms with Gasteiger partial charge in [0.25, 0.3) is 0 Å². The number of fused-ring (bicyclic) bond motifs is 1. The highest BCUT2D eigenvalue weighted by molar-refractivity contribution is 8.03. The Morgan fingerprint density at radius 1 is 1.55 bits per heavy atom. The molecular weight excluding hydrogens is 434 g/mol. The van der Waals surface area contributed by atoms with Gasteiger partial charge in [0.15, 0.2) is 0 Å². The van der Waals surface area contributed by atoms with Crippen LogP contribution in [0, 0.1) is 11.8 Å². The Bertz CT molecular complexity index is 900. The topological polar surface area (TPSA) is 103 Å². The molecule has 7 nitrogen and oxygen atoms in total. The Hall–Kier alpha value is -1.39. The van der Waals surface area contributed by atoms with Gasteiger partial charge in [-0.2, -0.15) is 4.37 Å². The van der Waals surface area contributed by atoms with Crippen LogP contribution in [-0.4, -0.2) is 61.3 Å². The van der Waals surface area contributed by atoms with Crippen LogP contribution in [-0.2, 0) is 9.59 Å². The number of halogens is 1. The van der Waals surface area contributed by atoms with Crippen molar-refractivity contribution in [2.75, 3.05) is 6.54 Å². The summed E-state index contributed by atoms with van der Waals surface area (Å²) < 4.78 is 4.88. The fourth-order valence-corrected chi connectivity index (χ4v) is 6.57. The molecule has 0 aromatic carbocycles. The first-order valence-corrected chi connectivity index (χ1v) is 11.5. The van der Waals surface area contributed by atoms with Crippen LogP contribution in [0.15, 0.2) is 22.7 Å². The molecule has 0 bridgehead atoms. The molecule has 3 aliphatic heterocycles. The van der Waals surface area contributed by atoms with E-state index in [9.17, 15) is 19.8 Å². The van der Waals surface area contributed by atoms with Crippen molar-refractivity contribution in [2.24, 2.45) is 11.8 Å². The second-order valence-electron chi connectivity index (χ2n) is 7.68. The lowest BCUT2D eigenvalue weighted by atomic mass is 9.79. The Morgan fingerprint density at radius 2 is 2.31 bits per heavy atom. The summed E-state index contributed by atoms with van der Waals surface area (Å²) in [5.74, 6) is -2.01. The third kappa shape index (κ3) is 3.74. The number of carbonyl (C=O) groups excluding carboxylic acids is 1. The van der Waals surface area contributed by atoms with E-state index in [1.54, 1.807) is 18.7 Å². The number of hydrogen-bond donors (Lipinski definition) is 3. The summed E-state index contributed by atoms with van der Waals surface area (Å²) in [6.45, 7) is 4.29. The van der Waals surface area contributed by atoms with Crippen LogP contribution < -0.4 is 5.32 Å². The van der Waals surface area contributed by atoms with Gasteiger partial charge in [-0.3, -0.25) is 4.79 Å². The van der Waals surface area contributed by atoms with Crippen LogP contribution in [0.2, 0.25) is 4.34 Å². The Balaban J connectivity index is 1.45. The van der Waals surface area contributed by atoms with Crippen LogP contribution in [0.25, 0.3) is 6.08 Å². The number of aliphatic carboxylic acids is 1. The van der Waals surface area contributed by atoms with E-state index in [0.717, 1.165) is 23.6 Å².